The smallest absolute Gasteiger partial charge is 0.127 e. The van der Waals surface area contributed by atoms with Gasteiger partial charge in [0.25, 0.3) is 0 Å². The molecule has 1 aliphatic rings. The van der Waals surface area contributed by atoms with Gasteiger partial charge < -0.3 is 10.3 Å². The Bertz CT molecular complexity index is 620. The first-order valence-electron chi connectivity index (χ1n) is 6.81. The fourth-order valence-electron chi connectivity index (χ4n) is 2.43. The highest BCUT2D eigenvalue weighted by Crippen LogP contribution is 2.43. The number of nitrogens with two attached hydrogens (primary N) is 1. The van der Waals surface area contributed by atoms with Gasteiger partial charge in [-0.05, 0) is 30.4 Å². The fourth-order valence-corrected chi connectivity index (χ4v) is 2.69. The molecule has 1 atom stereocenters. The number of aromatic nitrogens is 2. The number of benzene rings is 1. The van der Waals surface area contributed by atoms with Gasteiger partial charge in [-0.3, -0.25) is 0 Å². The summed E-state index contributed by atoms with van der Waals surface area (Å²) in [5.74, 6) is 0.970. The molecule has 2 aromatic rings. The summed E-state index contributed by atoms with van der Waals surface area (Å²) in [6, 6.07) is 6.32. The van der Waals surface area contributed by atoms with Crippen molar-refractivity contribution in [2.45, 2.75) is 45.7 Å². The van der Waals surface area contributed by atoms with E-state index in [0.717, 1.165) is 21.9 Å². The lowest BCUT2D eigenvalue weighted by atomic mass is 9.87. The van der Waals surface area contributed by atoms with Crippen molar-refractivity contribution < 1.29 is 0 Å². The first kappa shape index (κ1) is 12.9. The number of imidazole rings is 1. The van der Waals surface area contributed by atoms with Crippen LogP contribution in [0.25, 0.3) is 11.0 Å². The van der Waals surface area contributed by atoms with Crippen molar-refractivity contribution in [3.63, 3.8) is 0 Å². The summed E-state index contributed by atoms with van der Waals surface area (Å²) in [6.07, 6.45) is 2.39. The average Bonchev–Trinajstić information content (AvgIpc) is 3.08. The molecule has 1 heterocycles. The third kappa shape index (κ3) is 2.15. The number of para-hydroxylation sites is 1. The predicted octanol–water partition coefficient (Wildman–Crippen LogP) is 4.07. The topological polar surface area (TPSA) is 43.8 Å². The van der Waals surface area contributed by atoms with E-state index in [9.17, 15) is 0 Å². The van der Waals surface area contributed by atoms with Crippen LogP contribution in [0, 0.1) is 5.41 Å². The van der Waals surface area contributed by atoms with E-state index in [2.05, 4.69) is 25.3 Å². The molecule has 1 unspecified atom stereocenters. The van der Waals surface area contributed by atoms with Gasteiger partial charge in [-0.2, -0.15) is 0 Å². The second-order valence-electron chi connectivity index (χ2n) is 6.52. The molecule has 1 aliphatic carbocycles. The molecule has 1 aromatic carbocycles. The normalized spacial score (nSPS) is 17.9. The SMILES string of the molecule is CC(C)(C)C(N)c1nc2cccc(Cl)c2n1C1CC1. The minimum Gasteiger partial charge on any atom is -0.322 e. The van der Waals surface area contributed by atoms with E-state index >= 15 is 0 Å². The minimum absolute atomic E-state index is 0.0134. The van der Waals surface area contributed by atoms with Crippen molar-refractivity contribution in [2.24, 2.45) is 11.1 Å². The number of nitrogens with zero attached hydrogens (tertiary/aromatic N) is 2. The Hall–Kier alpha value is -1.06. The van der Waals surface area contributed by atoms with Crippen LogP contribution in [0.5, 0.6) is 0 Å². The molecule has 0 spiro atoms. The molecular weight excluding hydrogens is 258 g/mol. The Morgan fingerprint density at radius 3 is 2.63 bits per heavy atom. The summed E-state index contributed by atoms with van der Waals surface area (Å²) >= 11 is 6.36. The Morgan fingerprint density at radius 2 is 2.05 bits per heavy atom. The number of rotatable bonds is 2. The van der Waals surface area contributed by atoms with E-state index < -0.39 is 0 Å². The maximum Gasteiger partial charge on any atom is 0.127 e. The predicted molar refractivity (Wildman–Crippen MR) is 79.4 cm³/mol. The molecule has 0 amide bonds. The number of fused-ring (bicyclic) bond motifs is 1. The second kappa shape index (κ2) is 4.22. The summed E-state index contributed by atoms with van der Waals surface area (Å²) in [7, 11) is 0. The van der Waals surface area contributed by atoms with E-state index in [4.69, 9.17) is 22.3 Å². The van der Waals surface area contributed by atoms with Gasteiger partial charge in [0.2, 0.25) is 0 Å². The van der Waals surface area contributed by atoms with Crippen LogP contribution < -0.4 is 5.73 Å². The van der Waals surface area contributed by atoms with Crippen molar-refractivity contribution in [1.29, 1.82) is 0 Å². The third-order valence-corrected chi connectivity index (χ3v) is 4.12. The van der Waals surface area contributed by atoms with Gasteiger partial charge in [0.15, 0.2) is 0 Å². The van der Waals surface area contributed by atoms with Crippen molar-refractivity contribution in [1.82, 2.24) is 9.55 Å². The van der Waals surface area contributed by atoms with Gasteiger partial charge in [0.1, 0.15) is 5.82 Å². The Balaban J connectivity index is 2.24. The number of hydrogen-bond donors (Lipinski definition) is 1. The maximum absolute atomic E-state index is 6.43. The van der Waals surface area contributed by atoms with Crippen LogP contribution in [0.4, 0.5) is 0 Å². The standard InChI is InChI=1S/C15H20ClN3/c1-15(2,3)13(17)14-18-11-6-4-5-10(16)12(11)19(14)9-7-8-9/h4-6,9,13H,7-8,17H2,1-3H3. The summed E-state index contributed by atoms with van der Waals surface area (Å²) < 4.78 is 2.27. The quantitative estimate of drug-likeness (QED) is 0.899. The van der Waals surface area contributed by atoms with Crippen LogP contribution in [0.2, 0.25) is 5.02 Å². The molecule has 0 radical (unpaired) electrons. The molecule has 0 saturated heterocycles. The van der Waals surface area contributed by atoms with Crippen LogP contribution in [0.3, 0.4) is 0 Å². The van der Waals surface area contributed by atoms with E-state index in [1.807, 2.05) is 18.2 Å². The molecule has 1 fully saturated rings. The minimum atomic E-state index is -0.0865. The van der Waals surface area contributed by atoms with E-state index in [0.29, 0.717) is 6.04 Å². The highest BCUT2D eigenvalue weighted by atomic mass is 35.5. The fraction of sp³-hybridized carbons (Fsp3) is 0.533. The molecule has 0 aliphatic heterocycles. The van der Waals surface area contributed by atoms with Crippen LogP contribution in [-0.2, 0) is 0 Å². The van der Waals surface area contributed by atoms with Crippen molar-refractivity contribution >= 4 is 22.6 Å². The number of hydrogen-bond acceptors (Lipinski definition) is 2. The molecule has 2 N–H and O–H groups in total. The van der Waals surface area contributed by atoms with Crippen molar-refractivity contribution in [2.75, 3.05) is 0 Å². The zero-order valence-electron chi connectivity index (χ0n) is 11.7. The Kier molecular flexibility index (Phi) is 2.88. The summed E-state index contributed by atoms with van der Waals surface area (Å²) in [6.45, 7) is 6.45. The van der Waals surface area contributed by atoms with E-state index in [1.165, 1.54) is 12.8 Å². The maximum atomic E-state index is 6.43. The largest absolute Gasteiger partial charge is 0.322 e. The first-order chi connectivity index (χ1) is 8.89. The molecule has 19 heavy (non-hydrogen) atoms. The molecular formula is C15H20ClN3. The van der Waals surface area contributed by atoms with Gasteiger partial charge in [-0.15, -0.1) is 0 Å². The summed E-state index contributed by atoms with van der Waals surface area (Å²) in [5, 5.41) is 0.768. The zero-order valence-corrected chi connectivity index (χ0v) is 12.4. The first-order valence-corrected chi connectivity index (χ1v) is 7.19. The highest BCUT2D eigenvalue weighted by molar-refractivity contribution is 6.35. The van der Waals surface area contributed by atoms with Gasteiger partial charge in [0.05, 0.1) is 22.1 Å². The lowest BCUT2D eigenvalue weighted by Gasteiger charge is -2.27. The van der Waals surface area contributed by atoms with Crippen molar-refractivity contribution in [3.05, 3.63) is 29.0 Å². The summed E-state index contributed by atoms with van der Waals surface area (Å²) in [5.41, 5.74) is 8.41. The lowest BCUT2D eigenvalue weighted by Crippen LogP contribution is -2.29. The van der Waals surface area contributed by atoms with Crippen molar-refractivity contribution in [3.8, 4) is 0 Å². The Labute approximate surface area is 118 Å². The molecule has 1 aromatic heterocycles. The van der Waals surface area contributed by atoms with Gasteiger partial charge >= 0.3 is 0 Å². The molecule has 3 rings (SSSR count). The molecule has 3 nitrogen and oxygen atoms in total. The van der Waals surface area contributed by atoms with Gasteiger partial charge in [-0.25, -0.2) is 4.98 Å². The average molecular weight is 278 g/mol. The van der Waals surface area contributed by atoms with Crippen LogP contribution >= 0.6 is 11.6 Å². The lowest BCUT2D eigenvalue weighted by molar-refractivity contribution is 0.308. The third-order valence-electron chi connectivity index (χ3n) is 3.81. The molecule has 102 valence electrons. The highest BCUT2D eigenvalue weighted by Gasteiger charge is 2.34. The molecule has 0 bridgehead atoms. The summed E-state index contributed by atoms with van der Waals surface area (Å²) in [4.78, 5) is 4.75. The van der Waals surface area contributed by atoms with E-state index in [1.54, 1.807) is 0 Å². The number of halogens is 1. The molecule has 4 heteroatoms. The zero-order chi connectivity index (χ0) is 13.8. The monoisotopic (exact) mass is 277 g/mol. The van der Waals surface area contributed by atoms with Crippen LogP contribution in [0.1, 0.15) is 51.5 Å². The van der Waals surface area contributed by atoms with E-state index in [-0.39, 0.29) is 11.5 Å². The van der Waals surface area contributed by atoms with Crippen LogP contribution in [-0.4, -0.2) is 9.55 Å². The van der Waals surface area contributed by atoms with Gasteiger partial charge in [-0.1, -0.05) is 38.4 Å². The van der Waals surface area contributed by atoms with Crippen LogP contribution in [0.15, 0.2) is 18.2 Å². The molecule has 1 saturated carbocycles. The van der Waals surface area contributed by atoms with Gasteiger partial charge in [0, 0.05) is 6.04 Å². The second-order valence-corrected chi connectivity index (χ2v) is 6.93. The Morgan fingerprint density at radius 1 is 1.37 bits per heavy atom.